The van der Waals surface area contributed by atoms with Gasteiger partial charge in [-0.2, -0.15) is 5.26 Å². The summed E-state index contributed by atoms with van der Waals surface area (Å²) < 4.78 is 0. The molecule has 2 aliphatic rings. The molecule has 1 aromatic rings. The lowest BCUT2D eigenvalue weighted by atomic mass is 9.89. The van der Waals surface area contributed by atoms with E-state index in [-0.39, 0.29) is 0 Å². The summed E-state index contributed by atoms with van der Waals surface area (Å²) in [7, 11) is 0. The highest BCUT2D eigenvalue weighted by atomic mass is 15.2. The van der Waals surface area contributed by atoms with Gasteiger partial charge in [-0.3, -0.25) is 4.90 Å². The molecule has 3 rings (SSSR count). The fourth-order valence-electron chi connectivity index (χ4n) is 3.85. The van der Waals surface area contributed by atoms with Gasteiger partial charge < -0.3 is 0 Å². The molecule has 2 nitrogen and oxygen atoms in total. The third-order valence-corrected chi connectivity index (χ3v) is 4.70. The van der Waals surface area contributed by atoms with Crippen molar-refractivity contribution in [1.82, 2.24) is 4.90 Å². The standard InChI is InChI=1S/C16H20N2/c1-12(14-5-3-2-4-6-14)18-15-7-8-16(18)10-13(9-15)11-17/h2-6,12-13,15-16H,7-10H2,1H3/t12?,13?,15-,16+. The Balaban J connectivity index is 1.80. The van der Waals surface area contributed by atoms with Crippen molar-refractivity contribution in [3.05, 3.63) is 35.9 Å². The van der Waals surface area contributed by atoms with E-state index in [4.69, 9.17) is 5.26 Å². The van der Waals surface area contributed by atoms with Crippen LogP contribution < -0.4 is 0 Å². The molecule has 0 amide bonds. The second-order valence-electron chi connectivity index (χ2n) is 5.72. The summed E-state index contributed by atoms with van der Waals surface area (Å²) in [5.74, 6) is 0.293. The van der Waals surface area contributed by atoms with Gasteiger partial charge >= 0.3 is 0 Å². The highest BCUT2D eigenvalue weighted by molar-refractivity contribution is 5.20. The van der Waals surface area contributed by atoms with E-state index in [2.05, 4.69) is 48.2 Å². The van der Waals surface area contributed by atoms with Crippen LogP contribution in [0.25, 0.3) is 0 Å². The van der Waals surface area contributed by atoms with Crippen molar-refractivity contribution in [1.29, 1.82) is 5.26 Å². The predicted octanol–water partition coefficient (Wildman–Crippen LogP) is 3.51. The van der Waals surface area contributed by atoms with Crippen molar-refractivity contribution < 1.29 is 0 Å². The number of hydrogen-bond donors (Lipinski definition) is 0. The van der Waals surface area contributed by atoms with Crippen molar-refractivity contribution >= 4 is 0 Å². The minimum atomic E-state index is 0.293. The molecule has 18 heavy (non-hydrogen) atoms. The minimum Gasteiger partial charge on any atom is -0.291 e. The first-order valence-corrected chi connectivity index (χ1v) is 7.01. The van der Waals surface area contributed by atoms with Crippen LogP contribution in [0.2, 0.25) is 0 Å². The molecule has 0 radical (unpaired) electrons. The summed E-state index contributed by atoms with van der Waals surface area (Å²) in [6.45, 7) is 2.31. The summed E-state index contributed by atoms with van der Waals surface area (Å²) in [5.41, 5.74) is 1.41. The maximum atomic E-state index is 9.13. The Morgan fingerprint density at radius 3 is 2.33 bits per heavy atom. The van der Waals surface area contributed by atoms with Crippen LogP contribution in [-0.4, -0.2) is 17.0 Å². The lowest BCUT2D eigenvalue weighted by Crippen LogP contribution is -2.43. The van der Waals surface area contributed by atoms with Crippen molar-refractivity contribution in [2.75, 3.05) is 0 Å². The van der Waals surface area contributed by atoms with Gasteiger partial charge in [0.05, 0.1) is 6.07 Å². The zero-order valence-corrected chi connectivity index (χ0v) is 10.9. The van der Waals surface area contributed by atoms with Gasteiger partial charge in [-0.05, 0) is 38.2 Å². The van der Waals surface area contributed by atoms with Crippen LogP contribution >= 0.6 is 0 Å². The van der Waals surface area contributed by atoms with Gasteiger partial charge in [-0.15, -0.1) is 0 Å². The average Bonchev–Trinajstić information content (AvgIpc) is 2.69. The quantitative estimate of drug-likeness (QED) is 0.791. The Morgan fingerprint density at radius 1 is 1.17 bits per heavy atom. The Kier molecular flexibility index (Phi) is 3.09. The van der Waals surface area contributed by atoms with Crippen LogP contribution in [-0.2, 0) is 0 Å². The lowest BCUT2D eigenvalue weighted by Gasteiger charge is -2.41. The van der Waals surface area contributed by atoms with E-state index in [0.29, 0.717) is 24.0 Å². The molecule has 2 unspecified atom stereocenters. The number of rotatable bonds is 2. The molecule has 0 saturated carbocycles. The van der Waals surface area contributed by atoms with E-state index in [1.54, 1.807) is 0 Å². The Labute approximate surface area is 109 Å². The number of hydrogen-bond acceptors (Lipinski definition) is 2. The predicted molar refractivity (Wildman–Crippen MR) is 71.8 cm³/mol. The molecule has 0 aromatic heterocycles. The van der Waals surface area contributed by atoms with Gasteiger partial charge in [0.1, 0.15) is 0 Å². The van der Waals surface area contributed by atoms with E-state index in [0.717, 1.165) is 12.8 Å². The van der Waals surface area contributed by atoms with Crippen molar-refractivity contribution in [2.24, 2.45) is 5.92 Å². The number of fused-ring (bicyclic) bond motifs is 2. The fourth-order valence-corrected chi connectivity index (χ4v) is 3.85. The molecule has 2 bridgehead atoms. The van der Waals surface area contributed by atoms with E-state index in [1.807, 2.05) is 0 Å². The molecule has 94 valence electrons. The third-order valence-electron chi connectivity index (χ3n) is 4.70. The highest BCUT2D eigenvalue weighted by Crippen LogP contribution is 2.43. The molecule has 2 heterocycles. The molecule has 2 fully saturated rings. The first kappa shape index (κ1) is 11.7. The molecule has 2 aliphatic heterocycles. The zero-order valence-electron chi connectivity index (χ0n) is 10.9. The second kappa shape index (κ2) is 4.74. The van der Waals surface area contributed by atoms with E-state index in [1.165, 1.54) is 18.4 Å². The van der Waals surface area contributed by atoms with Crippen LogP contribution in [0.3, 0.4) is 0 Å². The molecule has 0 spiro atoms. The van der Waals surface area contributed by atoms with E-state index >= 15 is 0 Å². The molecule has 4 atom stereocenters. The highest BCUT2D eigenvalue weighted by Gasteiger charge is 2.42. The van der Waals surface area contributed by atoms with Crippen LogP contribution in [0.15, 0.2) is 30.3 Å². The molecule has 1 aromatic carbocycles. The van der Waals surface area contributed by atoms with Crippen LogP contribution in [0.4, 0.5) is 0 Å². The van der Waals surface area contributed by atoms with E-state index in [9.17, 15) is 0 Å². The number of benzene rings is 1. The van der Waals surface area contributed by atoms with Gasteiger partial charge in [-0.1, -0.05) is 30.3 Å². The van der Waals surface area contributed by atoms with Gasteiger partial charge in [0.25, 0.3) is 0 Å². The first-order valence-electron chi connectivity index (χ1n) is 7.01. The molecule has 0 N–H and O–H groups in total. The summed E-state index contributed by atoms with van der Waals surface area (Å²) in [4.78, 5) is 2.67. The smallest absolute Gasteiger partial charge is 0.0657 e. The van der Waals surface area contributed by atoms with Crippen molar-refractivity contribution in [3.63, 3.8) is 0 Å². The first-order chi connectivity index (χ1) is 8.79. The topological polar surface area (TPSA) is 27.0 Å². The minimum absolute atomic E-state index is 0.293. The van der Waals surface area contributed by atoms with Crippen molar-refractivity contribution in [2.45, 2.75) is 50.7 Å². The van der Waals surface area contributed by atoms with Gasteiger partial charge in [-0.25, -0.2) is 0 Å². The Bertz CT molecular complexity index is 434. The summed E-state index contributed by atoms with van der Waals surface area (Å²) >= 11 is 0. The number of piperidine rings is 1. The fraction of sp³-hybridized carbons (Fsp3) is 0.562. The summed E-state index contributed by atoms with van der Waals surface area (Å²) in [6, 6.07) is 15.0. The van der Waals surface area contributed by atoms with Crippen LogP contribution in [0.5, 0.6) is 0 Å². The zero-order chi connectivity index (χ0) is 12.5. The lowest BCUT2D eigenvalue weighted by molar-refractivity contribution is 0.0792. The van der Waals surface area contributed by atoms with Crippen LogP contribution in [0, 0.1) is 17.2 Å². The van der Waals surface area contributed by atoms with Crippen molar-refractivity contribution in [3.8, 4) is 6.07 Å². The number of nitrogens with zero attached hydrogens (tertiary/aromatic N) is 2. The maximum absolute atomic E-state index is 9.13. The largest absolute Gasteiger partial charge is 0.291 e. The molecule has 2 heteroatoms. The summed E-state index contributed by atoms with van der Waals surface area (Å²) in [5, 5.41) is 9.13. The maximum Gasteiger partial charge on any atom is 0.0657 e. The Morgan fingerprint density at radius 2 is 1.78 bits per heavy atom. The Hall–Kier alpha value is -1.33. The van der Waals surface area contributed by atoms with Gasteiger partial charge in [0.15, 0.2) is 0 Å². The SMILES string of the molecule is CC(c1ccccc1)N1[C@@H]2CC[C@H]1CC(C#N)C2. The second-order valence-corrected chi connectivity index (χ2v) is 5.72. The molecule has 0 aliphatic carbocycles. The third kappa shape index (κ3) is 1.93. The average molecular weight is 240 g/mol. The molecular weight excluding hydrogens is 220 g/mol. The normalized spacial score (nSPS) is 33.0. The molecular formula is C16H20N2. The monoisotopic (exact) mass is 240 g/mol. The van der Waals surface area contributed by atoms with Gasteiger partial charge in [0.2, 0.25) is 0 Å². The van der Waals surface area contributed by atoms with Gasteiger partial charge in [0, 0.05) is 24.0 Å². The van der Waals surface area contributed by atoms with Crippen LogP contribution in [0.1, 0.15) is 44.2 Å². The molecule has 2 saturated heterocycles. The summed E-state index contributed by atoms with van der Waals surface area (Å²) in [6.07, 6.45) is 4.70. The van der Waals surface area contributed by atoms with E-state index < -0.39 is 0 Å². The number of nitriles is 1.